The third-order valence-corrected chi connectivity index (χ3v) is 5.77. The second-order valence-electron chi connectivity index (χ2n) is 6.32. The highest BCUT2D eigenvalue weighted by molar-refractivity contribution is 7.99. The Balaban J connectivity index is 1.55. The standard InChI is InChI=1S/C17H21ClN2O2S/c1-10-4-3-5-13(11(10)2)19-16(21)9-23-17-20-14-7-6-12(18)8-15(14)22-17/h6-8,10-11,13H,3-5,9H2,1-2H3,(H,19,21)/t10-,11-,13-/m1/s1. The maximum absolute atomic E-state index is 12.2. The van der Waals surface area contributed by atoms with Crippen LogP contribution in [0.5, 0.6) is 0 Å². The zero-order valence-electron chi connectivity index (χ0n) is 13.3. The summed E-state index contributed by atoms with van der Waals surface area (Å²) in [4.78, 5) is 16.5. The van der Waals surface area contributed by atoms with Crippen molar-refractivity contribution in [2.75, 3.05) is 5.75 Å². The van der Waals surface area contributed by atoms with E-state index in [-0.39, 0.29) is 11.9 Å². The fraction of sp³-hybridized carbons (Fsp3) is 0.529. The number of nitrogens with zero attached hydrogens (tertiary/aromatic N) is 1. The molecule has 4 nitrogen and oxygen atoms in total. The summed E-state index contributed by atoms with van der Waals surface area (Å²) in [6.45, 7) is 4.49. The topological polar surface area (TPSA) is 55.1 Å². The summed E-state index contributed by atoms with van der Waals surface area (Å²) in [5.74, 6) is 1.56. The number of thioether (sulfide) groups is 1. The molecule has 1 aromatic carbocycles. The number of amides is 1. The van der Waals surface area contributed by atoms with E-state index in [0.29, 0.717) is 33.4 Å². The van der Waals surface area contributed by atoms with Gasteiger partial charge in [0.1, 0.15) is 5.52 Å². The number of oxazole rings is 1. The molecule has 23 heavy (non-hydrogen) atoms. The third-order valence-electron chi connectivity index (χ3n) is 4.71. The molecule has 124 valence electrons. The Morgan fingerprint density at radius 2 is 2.26 bits per heavy atom. The van der Waals surface area contributed by atoms with Gasteiger partial charge < -0.3 is 9.73 Å². The Bertz CT molecular complexity index is 703. The number of rotatable bonds is 4. The number of nitrogens with one attached hydrogen (secondary N) is 1. The van der Waals surface area contributed by atoms with Crippen LogP contribution >= 0.6 is 23.4 Å². The summed E-state index contributed by atoms with van der Waals surface area (Å²) in [5.41, 5.74) is 1.40. The van der Waals surface area contributed by atoms with Crippen LogP contribution in [-0.4, -0.2) is 22.7 Å². The molecule has 0 saturated heterocycles. The predicted molar refractivity (Wildman–Crippen MR) is 93.9 cm³/mol. The van der Waals surface area contributed by atoms with Crippen molar-refractivity contribution in [3.05, 3.63) is 23.2 Å². The molecule has 1 heterocycles. The van der Waals surface area contributed by atoms with E-state index in [9.17, 15) is 4.79 Å². The van der Waals surface area contributed by atoms with Crippen molar-refractivity contribution in [1.29, 1.82) is 0 Å². The summed E-state index contributed by atoms with van der Waals surface area (Å²) in [5, 5.41) is 4.28. The van der Waals surface area contributed by atoms with Crippen molar-refractivity contribution >= 4 is 40.4 Å². The molecule has 0 spiro atoms. The van der Waals surface area contributed by atoms with Gasteiger partial charge in [-0.2, -0.15) is 0 Å². The van der Waals surface area contributed by atoms with Crippen molar-refractivity contribution < 1.29 is 9.21 Å². The largest absolute Gasteiger partial charge is 0.431 e. The van der Waals surface area contributed by atoms with Gasteiger partial charge in [-0.1, -0.05) is 50.1 Å². The van der Waals surface area contributed by atoms with Crippen molar-refractivity contribution in [3.8, 4) is 0 Å². The number of carbonyl (C=O) groups is 1. The molecule has 1 aromatic heterocycles. The second kappa shape index (κ2) is 7.14. The highest BCUT2D eigenvalue weighted by Gasteiger charge is 2.28. The van der Waals surface area contributed by atoms with E-state index in [0.717, 1.165) is 11.9 Å². The van der Waals surface area contributed by atoms with E-state index in [1.165, 1.54) is 24.6 Å². The first-order valence-electron chi connectivity index (χ1n) is 8.01. The zero-order valence-corrected chi connectivity index (χ0v) is 14.9. The maximum Gasteiger partial charge on any atom is 0.257 e. The monoisotopic (exact) mass is 352 g/mol. The number of fused-ring (bicyclic) bond motifs is 1. The minimum absolute atomic E-state index is 0.0428. The molecule has 1 N–H and O–H groups in total. The van der Waals surface area contributed by atoms with Gasteiger partial charge in [0.05, 0.1) is 5.75 Å². The van der Waals surface area contributed by atoms with E-state index in [2.05, 4.69) is 24.1 Å². The number of halogens is 1. The second-order valence-corrected chi connectivity index (χ2v) is 7.68. The van der Waals surface area contributed by atoms with Gasteiger partial charge in [-0.3, -0.25) is 4.79 Å². The van der Waals surface area contributed by atoms with Crippen LogP contribution in [0.3, 0.4) is 0 Å². The lowest BCUT2D eigenvalue weighted by Crippen LogP contribution is -2.44. The summed E-state index contributed by atoms with van der Waals surface area (Å²) >= 11 is 7.25. The van der Waals surface area contributed by atoms with E-state index in [1.54, 1.807) is 12.1 Å². The van der Waals surface area contributed by atoms with Crippen LogP contribution in [0.4, 0.5) is 0 Å². The Kier molecular flexibility index (Phi) is 5.17. The van der Waals surface area contributed by atoms with E-state index in [1.807, 2.05) is 6.07 Å². The summed E-state index contributed by atoms with van der Waals surface area (Å²) in [6, 6.07) is 5.61. The Morgan fingerprint density at radius 1 is 1.43 bits per heavy atom. The lowest BCUT2D eigenvalue weighted by molar-refractivity contribution is -0.120. The SMILES string of the molecule is C[C@@H]1[C@H](C)CCC[C@H]1NC(=O)CSc1nc2ccc(Cl)cc2o1. The van der Waals surface area contributed by atoms with Gasteiger partial charge >= 0.3 is 0 Å². The Labute approximate surface area is 145 Å². The van der Waals surface area contributed by atoms with Gasteiger partial charge in [-0.25, -0.2) is 4.98 Å². The number of hydrogen-bond donors (Lipinski definition) is 1. The van der Waals surface area contributed by atoms with Crippen LogP contribution in [0.25, 0.3) is 11.1 Å². The molecule has 1 aliphatic carbocycles. The number of carbonyl (C=O) groups excluding carboxylic acids is 1. The lowest BCUT2D eigenvalue weighted by atomic mass is 9.78. The molecule has 1 saturated carbocycles. The summed E-state index contributed by atoms with van der Waals surface area (Å²) in [7, 11) is 0. The highest BCUT2D eigenvalue weighted by atomic mass is 35.5. The first-order valence-corrected chi connectivity index (χ1v) is 9.37. The van der Waals surface area contributed by atoms with Gasteiger partial charge in [0.2, 0.25) is 5.91 Å². The molecule has 1 amide bonds. The number of hydrogen-bond acceptors (Lipinski definition) is 4. The van der Waals surface area contributed by atoms with Crippen LogP contribution in [-0.2, 0) is 4.79 Å². The minimum Gasteiger partial charge on any atom is -0.431 e. The average molecular weight is 353 g/mol. The molecule has 3 rings (SSSR count). The third kappa shape index (κ3) is 4.01. The van der Waals surface area contributed by atoms with Gasteiger partial charge in [0.15, 0.2) is 5.58 Å². The normalized spacial score (nSPS) is 24.7. The van der Waals surface area contributed by atoms with Crippen LogP contribution in [0.15, 0.2) is 27.8 Å². The smallest absolute Gasteiger partial charge is 0.257 e. The summed E-state index contributed by atoms with van der Waals surface area (Å²) in [6.07, 6.45) is 3.52. The van der Waals surface area contributed by atoms with Crippen molar-refractivity contribution in [3.63, 3.8) is 0 Å². The average Bonchev–Trinajstić information content (AvgIpc) is 2.92. The maximum atomic E-state index is 12.2. The Hall–Kier alpha value is -1.20. The minimum atomic E-state index is 0.0428. The molecule has 6 heteroatoms. The number of aromatic nitrogens is 1. The van der Waals surface area contributed by atoms with Gasteiger partial charge in [0, 0.05) is 17.1 Å². The van der Waals surface area contributed by atoms with Crippen molar-refractivity contribution in [2.24, 2.45) is 11.8 Å². The first-order chi connectivity index (χ1) is 11.0. The molecule has 0 bridgehead atoms. The van der Waals surface area contributed by atoms with Crippen molar-refractivity contribution in [1.82, 2.24) is 10.3 Å². The molecule has 1 aliphatic rings. The van der Waals surface area contributed by atoms with Crippen LogP contribution in [0.1, 0.15) is 33.1 Å². The zero-order chi connectivity index (χ0) is 16.4. The molecule has 0 unspecified atom stereocenters. The molecule has 1 fully saturated rings. The predicted octanol–water partition coefficient (Wildman–Crippen LogP) is 4.51. The molecule has 0 aliphatic heterocycles. The van der Waals surface area contributed by atoms with Crippen molar-refractivity contribution in [2.45, 2.75) is 44.4 Å². The quantitative estimate of drug-likeness (QED) is 0.822. The Morgan fingerprint density at radius 3 is 3.09 bits per heavy atom. The highest BCUT2D eigenvalue weighted by Crippen LogP contribution is 2.30. The molecule has 3 atom stereocenters. The molecular formula is C17H21ClN2O2S. The number of benzene rings is 1. The molecular weight excluding hydrogens is 332 g/mol. The molecule has 2 aromatic rings. The van der Waals surface area contributed by atoms with E-state index in [4.69, 9.17) is 16.0 Å². The van der Waals surface area contributed by atoms with Crippen LogP contribution in [0.2, 0.25) is 5.02 Å². The lowest BCUT2D eigenvalue weighted by Gasteiger charge is -2.34. The van der Waals surface area contributed by atoms with Crippen LogP contribution < -0.4 is 5.32 Å². The fourth-order valence-electron chi connectivity index (χ4n) is 3.10. The van der Waals surface area contributed by atoms with Gasteiger partial charge in [-0.15, -0.1) is 0 Å². The van der Waals surface area contributed by atoms with Gasteiger partial charge in [-0.05, 0) is 30.4 Å². The summed E-state index contributed by atoms with van der Waals surface area (Å²) < 4.78 is 5.61. The molecule has 0 radical (unpaired) electrons. The first kappa shape index (κ1) is 16.7. The van der Waals surface area contributed by atoms with E-state index >= 15 is 0 Å². The van der Waals surface area contributed by atoms with E-state index < -0.39 is 0 Å². The fourth-order valence-corrected chi connectivity index (χ4v) is 3.91. The van der Waals surface area contributed by atoms with Gasteiger partial charge in [0.25, 0.3) is 5.22 Å². The van der Waals surface area contributed by atoms with Crippen LogP contribution in [0, 0.1) is 11.8 Å².